The topological polar surface area (TPSA) is 23.6 Å². The first-order valence-corrected chi connectivity index (χ1v) is 7.45. The quantitative estimate of drug-likeness (QED) is 0.845. The molecule has 0 spiro atoms. The van der Waals surface area contributed by atoms with Gasteiger partial charge in [0.15, 0.2) is 0 Å². The van der Waals surface area contributed by atoms with Crippen molar-refractivity contribution in [3.05, 3.63) is 30.1 Å². The molecule has 0 aromatic heterocycles. The van der Waals surface area contributed by atoms with Crippen LogP contribution in [0.25, 0.3) is 0 Å². The molecule has 1 aliphatic rings. The summed E-state index contributed by atoms with van der Waals surface area (Å²) in [6.45, 7) is 7.14. The Labute approximate surface area is 120 Å². The summed E-state index contributed by atoms with van der Waals surface area (Å²) in [5.41, 5.74) is 0.813. The van der Waals surface area contributed by atoms with E-state index in [1.807, 2.05) is 11.8 Å². The molecule has 1 saturated heterocycles. The molecule has 1 aromatic carbocycles. The van der Waals surface area contributed by atoms with E-state index in [2.05, 4.69) is 11.8 Å². The van der Waals surface area contributed by atoms with E-state index in [4.69, 9.17) is 0 Å². The molecule has 0 atom stereocenters. The maximum Gasteiger partial charge on any atom is 0.226 e. The van der Waals surface area contributed by atoms with E-state index in [1.54, 1.807) is 12.1 Å². The number of carbonyl (C=O) groups excluding carboxylic acids is 1. The molecule has 3 nitrogen and oxygen atoms in total. The highest BCUT2D eigenvalue weighted by atomic mass is 19.1. The van der Waals surface area contributed by atoms with E-state index in [1.165, 1.54) is 12.1 Å². The largest absolute Gasteiger partial charge is 0.309 e. The normalized spacial score (nSPS) is 17.1. The molecule has 1 amide bonds. The fourth-order valence-electron chi connectivity index (χ4n) is 2.82. The number of anilines is 1. The summed E-state index contributed by atoms with van der Waals surface area (Å²) in [6, 6.07) is 6.49. The minimum absolute atomic E-state index is 0.117. The second-order valence-electron chi connectivity index (χ2n) is 5.26. The second-order valence-corrected chi connectivity index (χ2v) is 5.26. The molecular formula is C16H23FN2O. The predicted octanol–water partition coefficient (Wildman–Crippen LogP) is 3.05. The van der Waals surface area contributed by atoms with Gasteiger partial charge in [-0.25, -0.2) is 4.39 Å². The van der Waals surface area contributed by atoms with Gasteiger partial charge in [-0.05, 0) is 43.7 Å². The van der Waals surface area contributed by atoms with Crippen molar-refractivity contribution in [3.8, 4) is 0 Å². The van der Waals surface area contributed by atoms with Crippen LogP contribution in [0.5, 0.6) is 0 Å². The van der Waals surface area contributed by atoms with Gasteiger partial charge < -0.3 is 9.80 Å². The van der Waals surface area contributed by atoms with Crippen molar-refractivity contribution in [2.75, 3.05) is 24.5 Å². The number of nitrogens with zero attached hydrogens (tertiary/aromatic N) is 2. The third-order valence-corrected chi connectivity index (χ3v) is 4.05. The molecule has 110 valence electrons. The van der Waals surface area contributed by atoms with E-state index < -0.39 is 0 Å². The van der Waals surface area contributed by atoms with Gasteiger partial charge in [0.05, 0.1) is 0 Å². The number of carbonyl (C=O) groups is 1. The summed E-state index contributed by atoms with van der Waals surface area (Å²) in [5.74, 6) is -0.148. The molecule has 0 N–H and O–H groups in total. The molecule has 0 unspecified atom stereocenters. The van der Waals surface area contributed by atoms with Gasteiger partial charge >= 0.3 is 0 Å². The number of piperidine rings is 1. The van der Waals surface area contributed by atoms with Gasteiger partial charge in [-0.1, -0.05) is 13.8 Å². The van der Waals surface area contributed by atoms with Crippen molar-refractivity contribution in [2.45, 2.75) is 39.2 Å². The Kier molecular flexibility index (Phi) is 5.12. The van der Waals surface area contributed by atoms with Gasteiger partial charge in [0.2, 0.25) is 5.91 Å². The zero-order valence-electron chi connectivity index (χ0n) is 12.3. The molecule has 1 aliphatic heterocycles. The Bertz CT molecular complexity index is 438. The van der Waals surface area contributed by atoms with Crippen molar-refractivity contribution in [3.63, 3.8) is 0 Å². The third kappa shape index (κ3) is 3.37. The van der Waals surface area contributed by atoms with Gasteiger partial charge in [0.25, 0.3) is 0 Å². The number of hydrogen-bond acceptors (Lipinski definition) is 2. The highest BCUT2D eigenvalue weighted by Gasteiger charge is 2.27. The smallest absolute Gasteiger partial charge is 0.226 e. The highest BCUT2D eigenvalue weighted by molar-refractivity contribution is 5.93. The number of hydrogen-bond donors (Lipinski definition) is 0. The van der Waals surface area contributed by atoms with Gasteiger partial charge in [-0.2, -0.15) is 0 Å². The first-order valence-electron chi connectivity index (χ1n) is 7.45. The molecule has 1 aromatic rings. The van der Waals surface area contributed by atoms with E-state index >= 15 is 0 Å². The summed E-state index contributed by atoms with van der Waals surface area (Å²) < 4.78 is 13.1. The van der Waals surface area contributed by atoms with Crippen LogP contribution in [0.3, 0.4) is 0 Å². The summed E-state index contributed by atoms with van der Waals surface area (Å²) in [7, 11) is 0. The van der Waals surface area contributed by atoms with Crippen LogP contribution in [0.15, 0.2) is 24.3 Å². The lowest BCUT2D eigenvalue weighted by atomic mass is 10.0. The monoisotopic (exact) mass is 278 g/mol. The van der Waals surface area contributed by atoms with Crippen molar-refractivity contribution in [1.82, 2.24) is 4.90 Å². The molecule has 4 heteroatoms. The number of benzene rings is 1. The first-order chi connectivity index (χ1) is 9.65. The lowest BCUT2D eigenvalue weighted by molar-refractivity contribution is -0.119. The minimum atomic E-state index is -0.265. The van der Waals surface area contributed by atoms with Crippen LogP contribution in [0.1, 0.15) is 33.1 Å². The zero-order chi connectivity index (χ0) is 14.5. The van der Waals surface area contributed by atoms with E-state index in [9.17, 15) is 9.18 Å². The Morgan fingerprint density at radius 2 is 1.85 bits per heavy atom. The van der Waals surface area contributed by atoms with Crippen molar-refractivity contribution in [2.24, 2.45) is 0 Å². The van der Waals surface area contributed by atoms with Gasteiger partial charge in [0.1, 0.15) is 5.82 Å². The Morgan fingerprint density at radius 3 is 2.35 bits per heavy atom. The van der Waals surface area contributed by atoms with Crippen LogP contribution in [-0.4, -0.2) is 36.5 Å². The Hall–Kier alpha value is -1.42. The Morgan fingerprint density at radius 1 is 1.25 bits per heavy atom. The summed E-state index contributed by atoms with van der Waals surface area (Å²) in [5, 5.41) is 0. The van der Waals surface area contributed by atoms with Crippen LogP contribution >= 0.6 is 0 Å². The SMILES string of the molecule is CCC(=O)N(c1ccc(F)cc1)C1CCN(CC)CC1. The van der Waals surface area contributed by atoms with Crippen molar-refractivity contribution in [1.29, 1.82) is 0 Å². The minimum Gasteiger partial charge on any atom is -0.309 e. The molecule has 0 aliphatic carbocycles. The maximum absolute atomic E-state index is 13.1. The van der Waals surface area contributed by atoms with Crippen LogP contribution in [0, 0.1) is 5.82 Å². The van der Waals surface area contributed by atoms with Crippen LogP contribution in [0.2, 0.25) is 0 Å². The fraction of sp³-hybridized carbons (Fsp3) is 0.562. The number of likely N-dealkylation sites (tertiary alicyclic amines) is 1. The number of rotatable bonds is 4. The van der Waals surface area contributed by atoms with Crippen LogP contribution in [-0.2, 0) is 4.79 Å². The standard InChI is InChI=1S/C16H23FN2O/c1-3-16(20)19(14-7-5-13(17)6-8-14)15-9-11-18(4-2)12-10-15/h5-8,15H,3-4,9-12H2,1-2H3. The number of amides is 1. The molecule has 1 heterocycles. The summed E-state index contributed by atoms with van der Waals surface area (Å²) in [4.78, 5) is 16.5. The highest BCUT2D eigenvalue weighted by Crippen LogP contribution is 2.24. The summed E-state index contributed by atoms with van der Waals surface area (Å²) in [6.07, 6.45) is 2.44. The summed E-state index contributed by atoms with van der Waals surface area (Å²) >= 11 is 0. The zero-order valence-corrected chi connectivity index (χ0v) is 12.3. The van der Waals surface area contributed by atoms with E-state index in [0.717, 1.165) is 38.2 Å². The van der Waals surface area contributed by atoms with Gasteiger partial charge in [0, 0.05) is 31.2 Å². The lowest BCUT2D eigenvalue weighted by Crippen LogP contribution is -2.47. The van der Waals surface area contributed by atoms with E-state index in [0.29, 0.717) is 6.42 Å². The Balaban J connectivity index is 2.16. The number of halogens is 1. The average Bonchev–Trinajstić information content (AvgIpc) is 2.50. The molecule has 20 heavy (non-hydrogen) atoms. The third-order valence-electron chi connectivity index (χ3n) is 4.05. The first kappa shape index (κ1) is 15.0. The fourth-order valence-corrected chi connectivity index (χ4v) is 2.82. The predicted molar refractivity (Wildman–Crippen MR) is 79.3 cm³/mol. The van der Waals surface area contributed by atoms with Crippen molar-refractivity contribution < 1.29 is 9.18 Å². The molecule has 0 bridgehead atoms. The second kappa shape index (κ2) is 6.84. The van der Waals surface area contributed by atoms with Crippen LogP contribution in [0.4, 0.5) is 10.1 Å². The molecule has 1 fully saturated rings. The maximum atomic E-state index is 13.1. The van der Waals surface area contributed by atoms with Crippen LogP contribution < -0.4 is 4.90 Å². The molecular weight excluding hydrogens is 255 g/mol. The van der Waals surface area contributed by atoms with Gasteiger partial charge in [-0.15, -0.1) is 0 Å². The molecule has 2 rings (SSSR count). The van der Waals surface area contributed by atoms with Gasteiger partial charge in [-0.3, -0.25) is 4.79 Å². The molecule has 0 saturated carbocycles. The van der Waals surface area contributed by atoms with Crippen molar-refractivity contribution >= 4 is 11.6 Å². The lowest BCUT2D eigenvalue weighted by Gasteiger charge is -2.38. The van der Waals surface area contributed by atoms with E-state index in [-0.39, 0.29) is 17.8 Å². The average molecular weight is 278 g/mol. The molecule has 0 radical (unpaired) electrons.